The van der Waals surface area contributed by atoms with E-state index in [-0.39, 0.29) is 37.7 Å². The molecule has 0 spiro atoms. The van der Waals surface area contributed by atoms with E-state index in [0.29, 0.717) is 17.2 Å². The predicted molar refractivity (Wildman–Crippen MR) is 110 cm³/mol. The van der Waals surface area contributed by atoms with Crippen molar-refractivity contribution in [3.63, 3.8) is 0 Å². The van der Waals surface area contributed by atoms with Crippen LogP contribution in [-0.4, -0.2) is 62.5 Å². The number of carbonyl (C=O) groups is 2. The monoisotopic (exact) mass is 411 g/mol. The molecule has 0 aliphatic carbocycles. The average Bonchev–Trinajstić information content (AvgIpc) is 3.00. The summed E-state index contributed by atoms with van der Waals surface area (Å²) in [4.78, 5) is 30.9. The van der Waals surface area contributed by atoms with Gasteiger partial charge in [0.15, 0.2) is 5.65 Å². The van der Waals surface area contributed by atoms with E-state index in [2.05, 4.69) is 23.7 Å². The molecule has 1 N–H and O–H groups in total. The number of hydrogen-bond donors (Lipinski definition) is 1. The van der Waals surface area contributed by atoms with Crippen LogP contribution in [0.2, 0.25) is 0 Å². The van der Waals surface area contributed by atoms with Gasteiger partial charge >= 0.3 is 30.9 Å². The molecule has 160 valence electrons. The summed E-state index contributed by atoms with van der Waals surface area (Å²) >= 11 is 0. The zero-order valence-electron chi connectivity index (χ0n) is 19.6. The molecule has 1 aliphatic heterocycles. The Balaban J connectivity index is 0.00000240. The quantitative estimate of drug-likeness (QED) is 0.747. The van der Waals surface area contributed by atoms with E-state index in [4.69, 9.17) is 9.47 Å². The van der Waals surface area contributed by atoms with Gasteiger partial charge in [0.1, 0.15) is 23.1 Å². The Morgan fingerprint density at radius 1 is 1.23 bits per heavy atom. The fourth-order valence-electron chi connectivity index (χ4n) is 3.49. The first kappa shape index (κ1) is 24.3. The molecule has 0 atom stereocenters. The second-order valence-electron chi connectivity index (χ2n) is 8.68. The van der Waals surface area contributed by atoms with Gasteiger partial charge in [-0.1, -0.05) is 0 Å². The maximum atomic E-state index is 12.5. The van der Waals surface area contributed by atoms with E-state index >= 15 is 0 Å². The van der Waals surface area contributed by atoms with Gasteiger partial charge in [-0.05, 0) is 59.6 Å². The molecule has 0 bridgehead atoms. The van der Waals surface area contributed by atoms with Gasteiger partial charge in [-0.3, -0.25) is 0 Å². The fraction of sp³-hybridized carbons (Fsp3) is 0.571. The Morgan fingerprint density at radius 2 is 1.87 bits per heavy atom. The van der Waals surface area contributed by atoms with E-state index in [0.717, 1.165) is 30.5 Å². The van der Waals surface area contributed by atoms with Crippen molar-refractivity contribution in [1.29, 1.82) is 0 Å². The van der Waals surface area contributed by atoms with Gasteiger partial charge in [0.05, 0.1) is 6.20 Å². The number of ether oxygens (including phenoxy) is 2. The summed E-state index contributed by atoms with van der Waals surface area (Å²) in [5, 5.41) is 10.0. The number of pyridine rings is 1. The molecular weight excluding hydrogens is 381 g/mol. The molecule has 1 saturated heterocycles. The van der Waals surface area contributed by atoms with E-state index in [9.17, 15) is 14.7 Å². The SMILES string of the molecule is CC(C)N1CCC(Oc2cnc3c(c2)cc(C(=O)O)n3C(=O)OC(C)(C)C)CC1.[H-].[Li+]. The third kappa shape index (κ3) is 5.57. The first-order chi connectivity index (χ1) is 13.5. The molecule has 2 aromatic rings. The molecule has 9 heteroatoms. The van der Waals surface area contributed by atoms with Crippen LogP contribution in [0.1, 0.15) is 59.4 Å². The average molecular weight is 411 g/mol. The normalized spacial score (nSPS) is 15.8. The molecule has 3 heterocycles. The number of likely N-dealkylation sites (tertiary alicyclic amines) is 1. The molecule has 0 radical (unpaired) electrons. The Kier molecular flexibility index (Phi) is 7.62. The van der Waals surface area contributed by atoms with Crippen LogP contribution in [0.4, 0.5) is 4.79 Å². The minimum Gasteiger partial charge on any atom is -1.00 e. The number of rotatable bonds is 4. The standard InChI is InChI=1S/C21H29N3O5.Li.H/c1-13(2)23-8-6-15(7-9-23)28-16-10-14-11-17(19(25)26)24(18(14)22-12-16)20(27)29-21(3,4)5;;/h10-13,15H,6-9H2,1-5H3,(H,25,26);;/q;+1;-1. The van der Waals surface area contributed by atoms with E-state index < -0.39 is 17.7 Å². The Labute approximate surface area is 190 Å². The zero-order valence-corrected chi connectivity index (χ0v) is 18.6. The van der Waals surface area contributed by atoms with Gasteiger partial charge in [0.2, 0.25) is 0 Å². The number of nitrogens with zero attached hydrogens (tertiary/aromatic N) is 3. The number of carboxylic acid groups (broad SMARTS) is 1. The first-order valence-corrected chi connectivity index (χ1v) is 9.94. The second kappa shape index (κ2) is 9.42. The molecule has 0 amide bonds. The number of fused-ring (bicyclic) bond motifs is 1. The van der Waals surface area contributed by atoms with Crippen LogP contribution in [0.3, 0.4) is 0 Å². The summed E-state index contributed by atoms with van der Waals surface area (Å²) in [5.41, 5.74) is -0.708. The molecule has 0 unspecified atom stereocenters. The number of carboxylic acids is 1. The number of carbonyl (C=O) groups excluding carboxylic acids is 1. The minimum atomic E-state index is -1.22. The third-order valence-corrected chi connectivity index (χ3v) is 4.92. The van der Waals surface area contributed by atoms with Gasteiger partial charge < -0.3 is 20.9 Å². The maximum Gasteiger partial charge on any atom is 1.00 e. The van der Waals surface area contributed by atoms with Crippen LogP contribution in [0, 0.1) is 0 Å². The van der Waals surface area contributed by atoms with Gasteiger partial charge in [0.25, 0.3) is 0 Å². The van der Waals surface area contributed by atoms with Crippen LogP contribution in [0.5, 0.6) is 5.75 Å². The van der Waals surface area contributed by atoms with Gasteiger partial charge in [0, 0.05) is 24.5 Å². The van der Waals surface area contributed by atoms with Crippen molar-refractivity contribution < 1.29 is 44.5 Å². The summed E-state index contributed by atoms with van der Waals surface area (Å²) in [6.07, 6.45) is 2.71. The zero-order chi connectivity index (χ0) is 21.3. The molecule has 0 aromatic carbocycles. The summed E-state index contributed by atoms with van der Waals surface area (Å²) in [6.45, 7) is 11.5. The van der Waals surface area contributed by atoms with Crippen LogP contribution in [0.15, 0.2) is 18.3 Å². The number of aromatic nitrogens is 2. The number of aromatic carboxylic acids is 1. The summed E-state index contributed by atoms with van der Waals surface area (Å²) < 4.78 is 12.4. The van der Waals surface area contributed by atoms with Crippen molar-refractivity contribution in [2.75, 3.05) is 13.1 Å². The Morgan fingerprint density at radius 3 is 2.40 bits per heavy atom. The number of hydrogen-bond acceptors (Lipinski definition) is 6. The largest absolute Gasteiger partial charge is 1.00 e. The summed E-state index contributed by atoms with van der Waals surface area (Å²) in [6, 6.07) is 3.67. The smallest absolute Gasteiger partial charge is 1.00 e. The topological polar surface area (TPSA) is 93.9 Å². The molecule has 3 rings (SSSR count). The van der Waals surface area contributed by atoms with Crippen molar-refractivity contribution in [3.05, 3.63) is 24.0 Å². The molecule has 2 aromatic heterocycles. The van der Waals surface area contributed by atoms with Crippen LogP contribution >= 0.6 is 0 Å². The third-order valence-electron chi connectivity index (χ3n) is 4.92. The predicted octanol–water partition coefficient (Wildman–Crippen LogP) is 0.886. The Bertz CT molecular complexity index is 918. The minimum absolute atomic E-state index is 0. The molecule has 30 heavy (non-hydrogen) atoms. The van der Waals surface area contributed by atoms with Crippen molar-refractivity contribution in [1.82, 2.24) is 14.5 Å². The van der Waals surface area contributed by atoms with E-state index in [1.54, 1.807) is 26.8 Å². The van der Waals surface area contributed by atoms with Crippen molar-refractivity contribution in [3.8, 4) is 5.75 Å². The molecular formula is C21H30LiN3O5. The fourth-order valence-corrected chi connectivity index (χ4v) is 3.49. The summed E-state index contributed by atoms with van der Waals surface area (Å²) in [7, 11) is 0. The molecule has 1 fully saturated rings. The maximum absolute atomic E-state index is 12.5. The number of piperidine rings is 1. The van der Waals surface area contributed by atoms with Crippen LogP contribution < -0.4 is 23.6 Å². The van der Waals surface area contributed by atoms with Crippen molar-refractivity contribution in [2.24, 2.45) is 0 Å². The van der Waals surface area contributed by atoms with Crippen LogP contribution in [-0.2, 0) is 4.74 Å². The van der Waals surface area contributed by atoms with E-state index in [1.807, 2.05) is 0 Å². The summed E-state index contributed by atoms with van der Waals surface area (Å²) in [5.74, 6) is -0.656. The molecule has 1 aliphatic rings. The van der Waals surface area contributed by atoms with Gasteiger partial charge in [-0.2, -0.15) is 0 Å². The van der Waals surface area contributed by atoms with Crippen LogP contribution in [0.25, 0.3) is 11.0 Å². The van der Waals surface area contributed by atoms with Crippen molar-refractivity contribution >= 4 is 23.1 Å². The van der Waals surface area contributed by atoms with Gasteiger partial charge in [-0.15, -0.1) is 0 Å². The molecule has 0 saturated carbocycles. The van der Waals surface area contributed by atoms with Crippen molar-refractivity contribution in [2.45, 2.75) is 65.2 Å². The Hall–Kier alpha value is -2.01. The van der Waals surface area contributed by atoms with E-state index in [1.165, 1.54) is 12.3 Å². The molecule has 8 nitrogen and oxygen atoms in total. The van der Waals surface area contributed by atoms with Gasteiger partial charge in [-0.25, -0.2) is 19.1 Å². The second-order valence-corrected chi connectivity index (χ2v) is 8.68. The first-order valence-electron chi connectivity index (χ1n) is 9.94.